The number of likely N-dealkylation sites (N-methyl/N-ethyl adjacent to an activating group) is 1. The van der Waals surface area contributed by atoms with Gasteiger partial charge in [0, 0.05) is 6.20 Å². The van der Waals surface area contributed by atoms with Gasteiger partial charge >= 0.3 is 0 Å². The summed E-state index contributed by atoms with van der Waals surface area (Å²) in [6, 6.07) is 9.51. The maximum atomic E-state index is 6.02. The van der Waals surface area contributed by atoms with E-state index in [1.54, 1.807) is 12.3 Å². The number of aromatic nitrogens is 1. The summed E-state index contributed by atoms with van der Waals surface area (Å²) in [6.07, 6.45) is 2.43. The van der Waals surface area contributed by atoms with Crippen LogP contribution in [0, 0.1) is 0 Å². The summed E-state index contributed by atoms with van der Waals surface area (Å²) in [7, 11) is 1.90. The molecule has 1 unspecified atom stereocenters. The molecule has 0 radical (unpaired) electrons. The van der Waals surface area contributed by atoms with Crippen molar-refractivity contribution in [3.05, 3.63) is 62.9 Å². The van der Waals surface area contributed by atoms with Gasteiger partial charge in [-0.2, -0.15) is 0 Å². The van der Waals surface area contributed by atoms with Gasteiger partial charge in [0.1, 0.15) is 0 Å². The van der Waals surface area contributed by atoms with Gasteiger partial charge in [0.05, 0.1) is 26.8 Å². The van der Waals surface area contributed by atoms with Crippen molar-refractivity contribution in [2.75, 3.05) is 7.05 Å². The molecule has 2 rings (SSSR count). The second-order valence-electron chi connectivity index (χ2n) is 4.20. The number of rotatable bonds is 4. The Labute approximate surface area is 127 Å². The molecule has 0 aliphatic heterocycles. The number of hydrogen-bond donors (Lipinski definition) is 1. The van der Waals surface area contributed by atoms with Crippen LogP contribution in [-0.4, -0.2) is 12.0 Å². The summed E-state index contributed by atoms with van der Waals surface area (Å²) < 4.78 is 0. The van der Waals surface area contributed by atoms with Crippen molar-refractivity contribution in [1.29, 1.82) is 0 Å². The third-order valence-corrected chi connectivity index (χ3v) is 3.84. The summed E-state index contributed by atoms with van der Waals surface area (Å²) in [4.78, 5) is 4.33. The number of nitrogens with zero attached hydrogens (tertiary/aromatic N) is 1. The molecule has 0 aliphatic carbocycles. The van der Waals surface area contributed by atoms with E-state index in [1.807, 2.05) is 31.3 Å². The minimum atomic E-state index is 0.106. The Hall–Kier alpha value is -0.800. The van der Waals surface area contributed by atoms with Gasteiger partial charge in [-0.1, -0.05) is 40.9 Å². The van der Waals surface area contributed by atoms with Gasteiger partial charge in [0.25, 0.3) is 0 Å². The van der Waals surface area contributed by atoms with Crippen LogP contribution in [-0.2, 0) is 6.42 Å². The maximum Gasteiger partial charge on any atom is 0.0595 e. The minimum Gasteiger partial charge on any atom is -0.311 e. The molecule has 19 heavy (non-hydrogen) atoms. The molecule has 100 valence electrons. The van der Waals surface area contributed by atoms with Crippen molar-refractivity contribution in [2.45, 2.75) is 12.5 Å². The van der Waals surface area contributed by atoms with Crippen molar-refractivity contribution >= 4 is 34.8 Å². The Morgan fingerprint density at radius 3 is 2.47 bits per heavy atom. The molecule has 1 atom stereocenters. The van der Waals surface area contributed by atoms with Crippen molar-refractivity contribution in [3.8, 4) is 0 Å². The minimum absolute atomic E-state index is 0.106. The normalized spacial score (nSPS) is 12.4. The smallest absolute Gasteiger partial charge is 0.0595 e. The standard InChI is InChI=1S/C14H13Cl3N2/c1-18-14(13-5-3-10(15)8-19-13)7-9-2-4-11(16)12(17)6-9/h2-6,8,14,18H,7H2,1H3. The first-order valence-electron chi connectivity index (χ1n) is 5.83. The van der Waals surface area contributed by atoms with Crippen LogP contribution in [0.1, 0.15) is 17.3 Å². The van der Waals surface area contributed by atoms with Crippen molar-refractivity contribution < 1.29 is 0 Å². The van der Waals surface area contributed by atoms with Crippen LogP contribution in [0.2, 0.25) is 15.1 Å². The van der Waals surface area contributed by atoms with E-state index in [4.69, 9.17) is 34.8 Å². The number of hydrogen-bond acceptors (Lipinski definition) is 2. The zero-order chi connectivity index (χ0) is 13.8. The predicted molar refractivity (Wildman–Crippen MR) is 81.2 cm³/mol. The van der Waals surface area contributed by atoms with Crippen molar-refractivity contribution in [2.24, 2.45) is 0 Å². The Morgan fingerprint density at radius 1 is 1.11 bits per heavy atom. The second kappa shape index (κ2) is 6.58. The van der Waals surface area contributed by atoms with Crippen LogP contribution >= 0.6 is 34.8 Å². The van der Waals surface area contributed by atoms with Crippen LogP contribution in [0.15, 0.2) is 36.5 Å². The first kappa shape index (κ1) is 14.6. The number of halogens is 3. The van der Waals surface area contributed by atoms with Gasteiger partial charge in [0.2, 0.25) is 0 Å². The third kappa shape index (κ3) is 3.83. The van der Waals surface area contributed by atoms with Gasteiger partial charge in [-0.3, -0.25) is 4.98 Å². The first-order chi connectivity index (χ1) is 9.10. The zero-order valence-electron chi connectivity index (χ0n) is 10.3. The third-order valence-electron chi connectivity index (χ3n) is 2.88. The van der Waals surface area contributed by atoms with Crippen molar-refractivity contribution in [1.82, 2.24) is 10.3 Å². The van der Waals surface area contributed by atoms with Gasteiger partial charge in [-0.15, -0.1) is 0 Å². The molecule has 1 N–H and O–H groups in total. The van der Waals surface area contributed by atoms with Gasteiger partial charge in [-0.05, 0) is 43.3 Å². The molecule has 0 amide bonds. The molecule has 1 aromatic carbocycles. The lowest BCUT2D eigenvalue weighted by molar-refractivity contribution is 0.576. The Balaban J connectivity index is 2.18. The highest BCUT2D eigenvalue weighted by Crippen LogP contribution is 2.25. The molecule has 0 aliphatic rings. The van der Waals surface area contributed by atoms with Crippen LogP contribution in [0.5, 0.6) is 0 Å². The summed E-state index contributed by atoms with van der Waals surface area (Å²) in [5.74, 6) is 0. The Morgan fingerprint density at radius 2 is 1.89 bits per heavy atom. The van der Waals surface area contributed by atoms with Crippen LogP contribution in [0.4, 0.5) is 0 Å². The topological polar surface area (TPSA) is 24.9 Å². The fourth-order valence-electron chi connectivity index (χ4n) is 1.85. The molecule has 0 fully saturated rings. The SMILES string of the molecule is CNC(Cc1ccc(Cl)c(Cl)c1)c1ccc(Cl)cn1. The summed E-state index contributed by atoms with van der Waals surface area (Å²) in [6.45, 7) is 0. The number of nitrogens with one attached hydrogen (secondary N) is 1. The van der Waals surface area contributed by atoms with Crippen LogP contribution in [0.3, 0.4) is 0 Å². The van der Waals surface area contributed by atoms with E-state index in [9.17, 15) is 0 Å². The Bertz CT molecular complexity index is 555. The largest absolute Gasteiger partial charge is 0.311 e. The second-order valence-corrected chi connectivity index (χ2v) is 5.45. The molecule has 0 bridgehead atoms. The molecule has 1 heterocycles. The molecule has 2 aromatic rings. The molecule has 2 nitrogen and oxygen atoms in total. The number of benzene rings is 1. The summed E-state index contributed by atoms with van der Waals surface area (Å²) in [5, 5.41) is 5.00. The maximum absolute atomic E-state index is 6.02. The zero-order valence-corrected chi connectivity index (χ0v) is 12.6. The molecule has 1 aromatic heterocycles. The lowest BCUT2D eigenvalue weighted by Gasteiger charge is -2.16. The summed E-state index contributed by atoms with van der Waals surface area (Å²) in [5.41, 5.74) is 2.04. The van der Waals surface area contributed by atoms with Gasteiger partial charge in [0.15, 0.2) is 0 Å². The molecule has 0 saturated carbocycles. The van der Waals surface area contributed by atoms with Crippen LogP contribution < -0.4 is 5.32 Å². The highest BCUT2D eigenvalue weighted by molar-refractivity contribution is 6.42. The van der Waals surface area contributed by atoms with E-state index in [-0.39, 0.29) is 6.04 Å². The van der Waals surface area contributed by atoms with Gasteiger partial charge < -0.3 is 5.32 Å². The molecule has 5 heteroatoms. The van der Waals surface area contributed by atoms with E-state index in [2.05, 4.69) is 10.3 Å². The summed E-state index contributed by atoms with van der Waals surface area (Å²) >= 11 is 17.8. The molecule has 0 saturated heterocycles. The van der Waals surface area contributed by atoms with Crippen LogP contribution in [0.25, 0.3) is 0 Å². The van der Waals surface area contributed by atoms with Gasteiger partial charge in [-0.25, -0.2) is 0 Å². The fourth-order valence-corrected chi connectivity index (χ4v) is 2.28. The highest BCUT2D eigenvalue weighted by atomic mass is 35.5. The number of pyridine rings is 1. The Kier molecular flexibility index (Phi) is 5.06. The quantitative estimate of drug-likeness (QED) is 0.895. The van der Waals surface area contributed by atoms with E-state index in [0.29, 0.717) is 15.1 Å². The average molecular weight is 316 g/mol. The monoisotopic (exact) mass is 314 g/mol. The van der Waals surface area contributed by atoms with Crippen molar-refractivity contribution in [3.63, 3.8) is 0 Å². The lowest BCUT2D eigenvalue weighted by Crippen LogP contribution is -2.19. The predicted octanol–water partition coefficient (Wildman–Crippen LogP) is 4.55. The lowest BCUT2D eigenvalue weighted by atomic mass is 10.0. The van der Waals surface area contributed by atoms with E-state index in [1.165, 1.54) is 0 Å². The van der Waals surface area contributed by atoms with E-state index >= 15 is 0 Å². The van der Waals surface area contributed by atoms with E-state index < -0.39 is 0 Å². The fraction of sp³-hybridized carbons (Fsp3) is 0.214. The molecular formula is C14H13Cl3N2. The molecule has 0 spiro atoms. The first-order valence-corrected chi connectivity index (χ1v) is 6.96. The average Bonchev–Trinajstić information content (AvgIpc) is 2.41. The van der Waals surface area contributed by atoms with E-state index in [0.717, 1.165) is 17.7 Å². The molecular weight excluding hydrogens is 303 g/mol. The highest BCUT2D eigenvalue weighted by Gasteiger charge is 2.12.